The van der Waals surface area contributed by atoms with Crippen LogP contribution in [0.4, 0.5) is 5.69 Å². The Morgan fingerprint density at radius 3 is 2.47 bits per heavy atom. The van der Waals surface area contributed by atoms with Crippen molar-refractivity contribution in [3.8, 4) is 0 Å². The second-order valence-electron chi connectivity index (χ2n) is 5.20. The second-order valence-corrected chi connectivity index (χ2v) is 5.20. The first-order valence-corrected chi connectivity index (χ1v) is 6.54. The summed E-state index contributed by atoms with van der Waals surface area (Å²) in [5.41, 5.74) is 2.60. The zero-order chi connectivity index (χ0) is 12.3. The third kappa shape index (κ3) is 3.09. The number of hydrogen-bond donors (Lipinski definition) is 1. The summed E-state index contributed by atoms with van der Waals surface area (Å²) in [6.45, 7) is 4.43. The summed E-state index contributed by atoms with van der Waals surface area (Å²) in [5, 5.41) is 3.60. The molecule has 1 aromatic carbocycles. The van der Waals surface area contributed by atoms with Crippen LogP contribution in [0.25, 0.3) is 0 Å². The van der Waals surface area contributed by atoms with Crippen molar-refractivity contribution in [3.05, 3.63) is 29.8 Å². The lowest BCUT2D eigenvalue weighted by molar-refractivity contribution is -0.120. The smallest absolute Gasteiger partial charge is 0.133 e. The lowest BCUT2D eigenvalue weighted by atomic mass is 9.93. The molecule has 1 aromatic rings. The summed E-state index contributed by atoms with van der Waals surface area (Å²) in [4.78, 5) is 11.2. The summed E-state index contributed by atoms with van der Waals surface area (Å²) in [6.07, 6.45) is 3.43. The summed E-state index contributed by atoms with van der Waals surface area (Å²) >= 11 is 0. The van der Waals surface area contributed by atoms with Gasteiger partial charge in [0.25, 0.3) is 0 Å². The first kappa shape index (κ1) is 12.2. The molecule has 0 spiro atoms. The highest BCUT2D eigenvalue weighted by Crippen LogP contribution is 2.27. The Balaban J connectivity index is 2.05. The maximum absolute atomic E-state index is 11.2. The van der Waals surface area contributed by atoms with Gasteiger partial charge in [-0.05, 0) is 30.4 Å². The highest BCUT2D eigenvalue weighted by atomic mass is 16.1. The number of Topliss-reactive ketones (excluding diaryl/α,β-unsaturated/α-hetero) is 1. The van der Waals surface area contributed by atoms with Crippen LogP contribution in [0.3, 0.4) is 0 Å². The van der Waals surface area contributed by atoms with Gasteiger partial charge in [-0.1, -0.05) is 32.0 Å². The molecule has 92 valence electrons. The summed E-state index contributed by atoms with van der Waals surface area (Å²) in [5.74, 6) is 0.948. The van der Waals surface area contributed by atoms with Crippen molar-refractivity contribution in [3.63, 3.8) is 0 Å². The molecule has 0 radical (unpaired) electrons. The van der Waals surface area contributed by atoms with Gasteiger partial charge in [0, 0.05) is 24.6 Å². The summed E-state index contributed by atoms with van der Waals surface area (Å²) < 4.78 is 0. The van der Waals surface area contributed by atoms with Crippen molar-refractivity contribution in [1.82, 2.24) is 0 Å². The van der Waals surface area contributed by atoms with Gasteiger partial charge in [0.2, 0.25) is 0 Å². The van der Waals surface area contributed by atoms with Crippen LogP contribution < -0.4 is 5.32 Å². The van der Waals surface area contributed by atoms with E-state index in [1.165, 1.54) is 11.3 Å². The topological polar surface area (TPSA) is 29.1 Å². The predicted octanol–water partition coefficient (Wildman–Crippen LogP) is 3.73. The van der Waals surface area contributed by atoms with Crippen molar-refractivity contribution in [2.75, 3.05) is 5.32 Å². The average Bonchev–Trinajstić information content (AvgIpc) is 2.32. The van der Waals surface area contributed by atoms with Crippen LogP contribution in [0, 0.1) is 0 Å². The number of anilines is 1. The van der Waals surface area contributed by atoms with Crippen LogP contribution in [0.15, 0.2) is 24.3 Å². The van der Waals surface area contributed by atoms with E-state index in [9.17, 15) is 4.79 Å². The highest BCUT2D eigenvalue weighted by molar-refractivity contribution is 5.79. The number of nitrogens with one attached hydrogen (secondary N) is 1. The van der Waals surface area contributed by atoms with E-state index in [1.807, 2.05) is 0 Å². The van der Waals surface area contributed by atoms with E-state index in [0.717, 1.165) is 25.7 Å². The number of benzene rings is 1. The maximum Gasteiger partial charge on any atom is 0.133 e. The minimum atomic E-state index is 0.417. The highest BCUT2D eigenvalue weighted by Gasteiger charge is 2.19. The van der Waals surface area contributed by atoms with E-state index in [4.69, 9.17) is 0 Å². The molecular formula is C15H21NO. The van der Waals surface area contributed by atoms with Crippen molar-refractivity contribution >= 4 is 11.5 Å². The SMILES string of the molecule is CC(C)c1ccccc1NC1CCC(=O)CC1. The van der Waals surface area contributed by atoms with Crippen LogP contribution in [0.1, 0.15) is 51.0 Å². The quantitative estimate of drug-likeness (QED) is 0.858. The van der Waals surface area contributed by atoms with Crippen LogP contribution in [-0.2, 0) is 4.79 Å². The number of rotatable bonds is 3. The van der Waals surface area contributed by atoms with E-state index < -0.39 is 0 Å². The number of ketones is 1. The van der Waals surface area contributed by atoms with E-state index in [1.54, 1.807) is 0 Å². The fourth-order valence-corrected chi connectivity index (χ4v) is 2.44. The number of carbonyl (C=O) groups is 1. The molecule has 0 heterocycles. The van der Waals surface area contributed by atoms with Crippen molar-refractivity contribution < 1.29 is 4.79 Å². The molecule has 0 saturated heterocycles. The lowest BCUT2D eigenvalue weighted by Crippen LogP contribution is -2.26. The van der Waals surface area contributed by atoms with Gasteiger partial charge in [-0.2, -0.15) is 0 Å². The van der Waals surface area contributed by atoms with E-state index in [0.29, 0.717) is 17.7 Å². The number of hydrogen-bond acceptors (Lipinski definition) is 2. The summed E-state index contributed by atoms with van der Waals surface area (Å²) in [7, 11) is 0. The Kier molecular flexibility index (Phi) is 3.82. The zero-order valence-corrected chi connectivity index (χ0v) is 10.7. The largest absolute Gasteiger partial charge is 0.382 e. The third-order valence-electron chi connectivity index (χ3n) is 3.49. The van der Waals surface area contributed by atoms with E-state index in [2.05, 4.69) is 43.4 Å². The van der Waals surface area contributed by atoms with Crippen LogP contribution in [0.2, 0.25) is 0 Å². The maximum atomic E-state index is 11.2. The zero-order valence-electron chi connectivity index (χ0n) is 10.7. The molecule has 1 aliphatic rings. The van der Waals surface area contributed by atoms with Gasteiger partial charge in [-0.3, -0.25) is 4.79 Å². The lowest BCUT2D eigenvalue weighted by Gasteiger charge is -2.25. The molecular weight excluding hydrogens is 210 g/mol. The average molecular weight is 231 g/mol. The van der Waals surface area contributed by atoms with Crippen molar-refractivity contribution in [2.45, 2.75) is 51.5 Å². The van der Waals surface area contributed by atoms with Gasteiger partial charge >= 0.3 is 0 Å². The Hall–Kier alpha value is -1.31. The third-order valence-corrected chi connectivity index (χ3v) is 3.49. The second kappa shape index (κ2) is 5.35. The molecule has 2 heteroatoms. The minimum Gasteiger partial charge on any atom is -0.382 e. The molecule has 0 bridgehead atoms. The molecule has 1 aliphatic carbocycles. The molecule has 2 rings (SSSR count). The van der Waals surface area contributed by atoms with Gasteiger partial charge < -0.3 is 5.32 Å². The monoisotopic (exact) mass is 231 g/mol. The first-order chi connectivity index (χ1) is 8.16. The predicted molar refractivity (Wildman–Crippen MR) is 71.4 cm³/mol. The molecule has 0 unspecified atom stereocenters. The number of para-hydroxylation sites is 1. The molecule has 1 saturated carbocycles. The normalized spacial score (nSPS) is 17.5. The van der Waals surface area contributed by atoms with Crippen LogP contribution >= 0.6 is 0 Å². The van der Waals surface area contributed by atoms with E-state index in [-0.39, 0.29) is 0 Å². The van der Waals surface area contributed by atoms with Crippen molar-refractivity contribution in [2.24, 2.45) is 0 Å². The molecule has 17 heavy (non-hydrogen) atoms. The van der Waals surface area contributed by atoms with Crippen LogP contribution in [0.5, 0.6) is 0 Å². The van der Waals surface area contributed by atoms with Gasteiger partial charge in [0.05, 0.1) is 0 Å². The fourth-order valence-electron chi connectivity index (χ4n) is 2.44. The Morgan fingerprint density at radius 1 is 1.18 bits per heavy atom. The standard InChI is InChI=1S/C15H21NO/c1-11(2)14-5-3-4-6-15(14)16-12-7-9-13(17)10-8-12/h3-6,11-12,16H,7-10H2,1-2H3. The Labute approximate surface area is 103 Å². The van der Waals surface area contributed by atoms with Crippen molar-refractivity contribution in [1.29, 1.82) is 0 Å². The Morgan fingerprint density at radius 2 is 1.82 bits per heavy atom. The molecule has 0 aliphatic heterocycles. The Bertz CT molecular complexity index is 388. The molecule has 0 aromatic heterocycles. The van der Waals surface area contributed by atoms with Gasteiger partial charge in [0.1, 0.15) is 5.78 Å². The van der Waals surface area contributed by atoms with Gasteiger partial charge in [-0.15, -0.1) is 0 Å². The molecule has 2 nitrogen and oxygen atoms in total. The van der Waals surface area contributed by atoms with Crippen LogP contribution in [-0.4, -0.2) is 11.8 Å². The summed E-state index contributed by atoms with van der Waals surface area (Å²) in [6, 6.07) is 8.95. The minimum absolute atomic E-state index is 0.417. The van der Waals surface area contributed by atoms with E-state index >= 15 is 0 Å². The fraction of sp³-hybridized carbons (Fsp3) is 0.533. The number of carbonyl (C=O) groups excluding carboxylic acids is 1. The molecule has 0 atom stereocenters. The molecule has 1 N–H and O–H groups in total. The first-order valence-electron chi connectivity index (χ1n) is 6.54. The van der Waals surface area contributed by atoms with Gasteiger partial charge in [-0.25, -0.2) is 0 Å². The van der Waals surface area contributed by atoms with Gasteiger partial charge in [0.15, 0.2) is 0 Å². The molecule has 0 amide bonds. The molecule has 1 fully saturated rings.